The van der Waals surface area contributed by atoms with Crippen molar-refractivity contribution in [2.45, 2.75) is 26.1 Å². The minimum atomic E-state index is 0.0537. The van der Waals surface area contributed by atoms with Crippen molar-refractivity contribution >= 4 is 0 Å². The first-order valence-electron chi connectivity index (χ1n) is 4.60. The minimum Gasteiger partial charge on any atom is -0.395 e. The lowest BCUT2D eigenvalue weighted by atomic mass is 10.3. The molecule has 6 nitrogen and oxygen atoms in total. The van der Waals surface area contributed by atoms with Crippen molar-refractivity contribution in [2.75, 3.05) is 13.2 Å². The fraction of sp³-hybridized carbons (Fsp3) is 0.750. The zero-order valence-electron chi connectivity index (χ0n) is 8.22. The van der Waals surface area contributed by atoms with Crippen LogP contribution in [0.5, 0.6) is 0 Å². The van der Waals surface area contributed by atoms with Crippen LogP contribution in [0.4, 0.5) is 0 Å². The molecule has 1 atom stereocenters. The third kappa shape index (κ3) is 3.41. The third-order valence-corrected chi connectivity index (χ3v) is 1.82. The molecule has 0 aliphatic heterocycles. The monoisotopic (exact) mass is 200 g/mol. The SMILES string of the molecule is CC(CO)NCc1cn(CCO)nn1. The number of aliphatic hydroxyl groups is 2. The molecule has 0 saturated heterocycles. The van der Waals surface area contributed by atoms with E-state index in [1.54, 1.807) is 10.9 Å². The number of aromatic nitrogens is 3. The van der Waals surface area contributed by atoms with Crippen molar-refractivity contribution in [1.29, 1.82) is 0 Å². The first-order valence-corrected chi connectivity index (χ1v) is 4.60. The van der Waals surface area contributed by atoms with Gasteiger partial charge in [-0.05, 0) is 6.92 Å². The van der Waals surface area contributed by atoms with Gasteiger partial charge in [-0.15, -0.1) is 5.10 Å². The molecule has 0 aliphatic rings. The highest BCUT2D eigenvalue weighted by molar-refractivity contribution is 4.91. The maximum Gasteiger partial charge on any atom is 0.0964 e. The van der Waals surface area contributed by atoms with Crippen LogP contribution in [0.25, 0.3) is 0 Å². The van der Waals surface area contributed by atoms with Gasteiger partial charge in [-0.2, -0.15) is 0 Å². The molecule has 3 N–H and O–H groups in total. The number of aliphatic hydroxyl groups excluding tert-OH is 2. The lowest BCUT2D eigenvalue weighted by molar-refractivity contribution is 0.250. The Bertz CT molecular complexity index is 264. The van der Waals surface area contributed by atoms with Gasteiger partial charge in [0, 0.05) is 18.8 Å². The zero-order chi connectivity index (χ0) is 10.4. The highest BCUT2D eigenvalue weighted by Crippen LogP contribution is 1.93. The van der Waals surface area contributed by atoms with Gasteiger partial charge in [0.1, 0.15) is 0 Å². The molecular weight excluding hydrogens is 184 g/mol. The summed E-state index contributed by atoms with van der Waals surface area (Å²) in [5.41, 5.74) is 0.804. The Hall–Kier alpha value is -0.980. The van der Waals surface area contributed by atoms with E-state index in [0.29, 0.717) is 13.1 Å². The van der Waals surface area contributed by atoms with Gasteiger partial charge in [0.25, 0.3) is 0 Å². The molecule has 0 spiro atoms. The summed E-state index contributed by atoms with van der Waals surface area (Å²) >= 11 is 0. The normalized spacial score (nSPS) is 13.1. The van der Waals surface area contributed by atoms with Gasteiger partial charge >= 0.3 is 0 Å². The number of rotatable bonds is 6. The summed E-state index contributed by atoms with van der Waals surface area (Å²) < 4.78 is 1.58. The minimum absolute atomic E-state index is 0.0537. The summed E-state index contributed by atoms with van der Waals surface area (Å²) in [6.07, 6.45) is 1.77. The molecule has 14 heavy (non-hydrogen) atoms. The fourth-order valence-electron chi connectivity index (χ4n) is 0.975. The largest absolute Gasteiger partial charge is 0.395 e. The van der Waals surface area contributed by atoms with Crippen molar-refractivity contribution in [1.82, 2.24) is 20.3 Å². The van der Waals surface area contributed by atoms with Crippen LogP contribution in [-0.4, -0.2) is 44.5 Å². The summed E-state index contributed by atoms with van der Waals surface area (Å²) in [6, 6.07) is 0.0537. The van der Waals surface area contributed by atoms with Gasteiger partial charge in [-0.25, -0.2) is 4.68 Å². The number of hydrogen-bond acceptors (Lipinski definition) is 5. The van der Waals surface area contributed by atoms with E-state index in [2.05, 4.69) is 15.6 Å². The second-order valence-corrected chi connectivity index (χ2v) is 3.16. The summed E-state index contributed by atoms with van der Waals surface area (Å²) in [5.74, 6) is 0. The van der Waals surface area contributed by atoms with Crippen LogP contribution in [0.15, 0.2) is 6.20 Å². The molecule has 0 bridgehead atoms. The van der Waals surface area contributed by atoms with Gasteiger partial charge in [-0.1, -0.05) is 5.21 Å². The van der Waals surface area contributed by atoms with Gasteiger partial charge < -0.3 is 15.5 Å². The van der Waals surface area contributed by atoms with Crippen LogP contribution >= 0.6 is 0 Å². The molecular formula is C8H16N4O2. The maximum absolute atomic E-state index is 8.77. The molecule has 1 aromatic heterocycles. The van der Waals surface area contributed by atoms with Crippen LogP contribution < -0.4 is 5.32 Å². The Labute approximate surface area is 82.6 Å². The quantitative estimate of drug-likeness (QED) is 0.534. The molecule has 0 aromatic carbocycles. The second kappa shape index (κ2) is 5.69. The van der Waals surface area contributed by atoms with Crippen molar-refractivity contribution < 1.29 is 10.2 Å². The Morgan fingerprint density at radius 3 is 3.00 bits per heavy atom. The Morgan fingerprint density at radius 1 is 1.57 bits per heavy atom. The predicted octanol–water partition coefficient (Wildman–Crippen LogP) is -1.26. The van der Waals surface area contributed by atoms with E-state index >= 15 is 0 Å². The number of hydrogen-bond donors (Lipinski definition) is 3. The van der Waals surface area contributed by atoms with Crippen LogP contribution in [0.3, 0.4) is 0 Å². The van der Waals surface area contributed by atoms with Crippen LogP contribution in [0, 0.1) is 0 Å². The molecule has 80 valence electrons. The summed E-state index contributed by atoms with van der Waals surface area (Å²) in [7, 11) is 0. The average Bonchev–Trinajstić information content (AvgIpc) is 2.63. The lowest BCUT2D eigenvalue weighted by Gasteiger charge is -2.07. The van der Waals surface area contributed by atoms with E-state index in [9.17, 15) is 0 Å². The van der Waals surface area contributed by atoms with Crippen molar-refractivity contribution in [3.8, 4) is 0 Å². The molecule has 0 aliphatic carbocycles. The predicted molar refractivity (Wildman–Crippen MR) is 50.5 cm³/mol. The van der Waals surface area contributed by atoms with E-state index in [4.69, 9.17) is 10.2 Å². The highest BCUT2D eigenvalue weighted by atomic mass is 16.3. The maximum atomic E-state index is 8.77. The topological polar surface area (TPSA) is 83.2 Å². The van der Waals surface area contributed by atoms with Crippen molar-refractivity contribution in [3.63, 3.8) is 0 Å². The molecule has 1 unspecified atom stereocenters. The van der Waals surface area contributed by atoms with Crippen molar-refractivity contribution in [2.24, 2.45) is 0 Å². The van der Waals surface area contributed by atoms with Gasteiger partial charge in [-0.3, -0.25) is 0 Å². The number of nitrogens with zero attached hydrogens (tertiary/aromatic N) is 3. The van der Waals surface area contributed by atoms with Crippen LogP contribution in [0.1, 0.15) is 12.6 Å². The zero-order valence-corrected chi connectivity index (χ0v) is 8.22. The lowest BCUT2D eigenvalue weighted by Crippen LogP contribution is -2.28. The van der Waals surface area contributed by atoms with Crippen LogP contribution in [0.2, 0.25) is 0 Å². The molecule has 0 saturated carbocycles. The third-order valence-electron chi connectivity index (χ3n) is 1.82. The Kier molecular flexibility index (Phi) is 4.51. The second-order valence-electron chi connectivity index (χ2n) is 3.16. The first kappa shape index (κ1) is 11.1. The molecule has 1 heterocycles. The van der Waals surface area contributed by atoms with Gasteiger partial charge in [0.15, 0.2) is 0 Å². The van der Waals surface area contributed by atoms with Gasteiger partial charge in [0.2, 0.25) is 0 Å². The molecule has 1 aromatic rings. The molecule has 6 heteroatoms. The summed E-state index contributed by atoms with van der Waals surface area (Å²) in [6.45, 7) is 3.09. The van der Waals surface area contributed by atoms with Gasteiger partial charge in [0.05, 0.1) is 25.5 Å². The van der Waals surface area contributed by atoms with E-state index < -0.39 is 0 Å². The fourth-order valence-corrected chi connectivity index (χ4v) is 0.975. The van der Waals surface area contributed by atoms with E-state index in [-0.39, 0.29) is 19.3 Å². The Morgan fingerprint density at radius 2 is 2.36 bits per heavy atom. The Balaban J connectivity index is 2.35. The summed E-state index contributed by atoms with van der Waals surface area (Å²) in [5, 5.41) is 28.2. The molecule has 1 rings (SSSR count). The molecule has 0 fully saturated rings. The number of nitrogens with one attached hydrogen (secondary N) is 1. The standard InChI is InChI=1S/C8H16N4O2/c1-7(6-14)9-4-8-5-12(2-3-13)11-10-8/h5,7,9,13-14H,2-4,6H2,1H3. The molecule has 0 radical (unpaired) electrons. The van der Waals surface area contributed by atoms with Crippen LogP contribution in [-0.2, 0) is 13.1 Å². The summed E-state index contributed by atoms with van der Waals surface area (Å²) in [4.78, 5) is 0. The smallest absolute Gasteiger partial charge is 0.0964 e. The van der Waals surface area contributed by atoms with E-state index in [1.165, 1.54) is 0 Å². The molecule has 0 amide bonds. The highest BCUT2D eigenvalue weighted by Gasteiger charge is 2.02. The van der Waals surface area contributed by atoms with Crippen molar-refractivity contribution in [3.05, 3.63) is 11.9 Å². The van der Waals surface area contributed by atoms with E-state index in [0.717, 1.165) is 5.69 Å². The van der Waals surface area contributed by atoms with E-state index in [1.807, 2.05) is 6.92 Å². The average molecular weight is 200 g/mol. The first-order chi connectivity index (χ1) is 6.76.